The van der Waals surface area contributed by atoms with Gasteiger partial charge in [-0.3, -0.25) is 4.79 Å². The molecule has 0 saturated heterocycles. The van der Waals surface area contributed by atoms with Gasteiger partial charge in [-0.2, -0.15) is 9.78 Å². The van der Waals surface area contributed by atoms with Crippen LogP contribution in [0.4, 0.5) is 5.69 Å². The third kappa shape index (κ3) is 3.41. The molecule has 0 saturated carbocycles. The van der Waals surface area contributed by atoms with Crippen LogP contribution in [0.25, 0.3) is 10.2 Å². The fourth-order valence-electron chi connectivity index (χ4n) is 3.71. The number of aromatic nitrogens is 2. The van der Waals surface area contributed by atoms with Crippen LogP contribution in [0.2, 0.25) is 0 Å². The van der Waals surface area contributed by atoms with E-state index in [1.807, 2.05) is 12.1 Å². The van der Waals surface area contributed by atoms with Crippen molar-refractivity contribution in [2.75, 3.05) is 18.0 Å². The van der Waals surface area contributed by atoms with Gasteiger partial charge in [0.1, 0.15) is 11.2 Å². The highest BCUT2D eigenvalue weighted by molar-refractivity contribution is 7.18. The fraction of sp³-hybridized carbons (Fsp3) is 0.381. The van der Waals surface area contributed by atoms with Crippen molar-refractivity contribution >= 4 is 33.5 Å². The zero-order chi connectivity index (χ0) is 18.8. The molecule has 1 aliphatic rings. The minimum atomic E-state index is -0.0598. The van der Waals surface area contributed by atoms with Crippen LogP contribution in [-0.4, -0.2) is 29.0 Å². The fourth-order valence-corrected chi connectivity index (χ4v) is 4.93. The van der Waals surface area contributed by atoms with Crippen molar-refractivity contribution in [2.24, 2.45) is 5.10 Å². The second kappa shape index (κ2) is 7.64. The average Bonchev–Trinajstić information content (AvgIpc) is 3.09. The highest BCUT2D eigenvalue weighted by Crippen LogP contribution is 2.33. The molecular weight excluding hydrogens is 356 g/mol. The van der Waals surface area contributed by atoms with Crippen LogP contribution in [0, 0.1) is 0 Å². The summed E-state index contributed by atoms with van der Waals surface area (Å²) in [5, 5.41) is 5.15. The molecule has 0 atom stereocenters. The maximum absolute atomic E-state index is 12.9. The summed E-state index contributed by atoms with van der Waals surface area (Å²) in [4.78, 5) is 21.9. The van der Waals surface area contributed by atoms with Crippen LogP contribution in [0.15, 0.2) is 40.5 Å². The Morgan fingerprint density at radius 2 is 1.93 bits per heavy atom. The van der Waals surface area contributed by atoms with Crippen LogP contribution < -0.4 is 10.5 Å². The lowest BCUT2D eigenvalue weighted by molar-refractivity contribution is 0.699. The summed E-state index contributed by atoms with van der Waals surface area (Å²) >= 11 is 1.66. The standard InChI is InChI=1S/C21H24N4OS/c1-3-24(4-2)16-11-9-15(10-12-16)13-23-25-14-22-20-19(21(25)26)17-7-5-6-8-18(17)27-20/h9-14H,3-8H2,1-2H3/b23-13+. The quantitative estimate of drug-likeness (QED) is 0.627. The van der Waals surface area contributed by atoms with Gasteiger partial charge in [-0.05, 0) is 62.8 Å². The molecule has 3 aromatic rings. The minimum Gasteiger partial charge on any atom is -0.372 e. The predicted octanol–water partition coefficient (Wildman–Crippen LogP) is 4.07. The molecule has 5 nitrogen and oxygen atoms in total. The van der Waals surface area contributed by atoms with E-state index in [1.165, 1.54) is 33.6 Å². The van der Waals surface area contributed by atoms with Gasteiger partial charge >= 0.3 is 0 Å². The summed E-state index contributed by atoms with van der Waals surface area (Å²) in [6, 6.07) is 8.24. The van der Waals surface area contributed by atoms with Gasteiger partial charge in [0, 0.05) is 23.7 Å². The zero-order valence-corrected chi connectivity index (χ0v) is 16.6. The lowest BCUT2D eigenvalue weighted by Crippen LogP contribution is -2.21. The molecule has 1 aromatic carbocycles. The van der Waals surface area contributed by atoms with Gasteiger partial charge in [-0.1, -0.05) is 12.1 Å². The van der Waals surface area contributed by atoms with Crippen molar-refractivity contribution in [2.45, 2.75) is 39.5 Å². The first kappa shape index (κ1) is 17.9. The van der Waals surface area contributed by atoms with E-state index in [2.05, 4.69) is 41.0 Å². The molecular formula is C21H24N4OS. The van der Waals surface area contributed by atoms with Crippen molar-refractivity contribution in [3.8, 4) is 0 Å². The molecule has 4 rings (SSSR count). The number of benzene rings is 1. The first-order chi connectivity index (χ1) is 13.2. The molecule has 0 unspecified atom stereocenters. The third-order valence-corrected chi connectivity index (χ3v) is 6.41. The van der Waals surface area contributed by atoms with Gasteiger partial charge in [-0.25, -0.2) is 4.98 Å². The Labute approximate surface area is 163 Å². The van der Waals surface area contributed by atoms with Crippen LogP contribution >= 0.6 is 11.3 Å². The summed E-state index contributed by atoms with van der Waals surface area (Å²) in [5.74, 6) is 0. The Balaban J connectivity index is 1.63. The normalized spacial score (nSPS) is 14.0. The Bertz CT molecular complexity index is 1030. The number of anilines is 1. The second-order valence-corrected chi connectivity index (χ2v) is 7.88. The SMILES string of the molecule is CCN(CC)c1ccc(/C=N/n2cnc3sc4c(c3c2=O)CCCC4)cc1. The molecule has 0 fully saturated rings. The summed E-state index contributed by atoms with van der Waals surface area (Å²) in [6.07, 6.45) is 7.66. The number of rotatable bonds is 5. The highest BCUT2D eigenvalue weighted by atomic mass is 32.1. The molecule has 2 heterocycles. The van der Waals surface area contributed by atoms with Crippen molar-refractivity contribution in [1.82, 2.24) is 9.66 Å². The molecule has 27 heavy (non-hydrogen) atoms. The van der Waals surface area contributed by atoms with E-state index in [4.69, 9.17) is 0 Å². The van der Waals surface area contributed by atoms with E-state index < -0.39 is 0 Å². The van der Waals surface area contributed by atoms with E-state index in [1.54, 1.807) is 17.6 Å². The number of hydrogen-bond donors (Lipinski definition) is 0. The van der Waals surface area contributed by atoms with Crippen LogP contribution in [0.1, 0.15) is 42.7 Å². The molecule has 0 amide bonds. The van der Waals surface area contributed by atoms with Gasteiger partial charge in [0.05, 0.1) is 11.6 Å². The van der Waals surface area contributed by atoms with E-state index in [0.717, 1.165) is 48.1 Å². The number of thiophene rings is 1. The average molecular weight is 381 g/mol. The van der Waals surface area contributed by atoms with Gasteiger partial charge in [-0.15, -0.1) is 11.3 Å². The lowest BCUT2D eigenvalue weighted by Gasteiger charge is -2.20. The van der Waals surface area contributed by atoms with Gasteiger partial charge in [0.2, 0.25) is 0 Å². The van der Waals surface area contributed by atoms with Crippen LogP contribution in [-0.2, 0) is 12.8 Å². The Hall–Kier alpha value is -2.47. The summed E-state index contributed by atoms with van der Waals surface area (Å²) in [7, 11) is 0. The van der Waals surface area contributed by atoms with E-state index in [9.17, 15) is 4.79 Å². The topological polar surface area (TPSA) is 50.5 Å². The molecule has 0 bridgehead atoms. The van der Waals surface area contributed by atoms with Crippen molar-refractivity contribution in [3.05, 3.63) is 57.0 Å². The number of fused-ring (bicyclic) bond motifs is 3. The zero-order valence-electron chi connectivity index (χ0n) is 15.8. The van der Waals surface area contributed by atoms with Gasteiger partial charge in [0.25, 0.3) is 5.56 Å². The maximum Gasteiger partial charge on any atom is 0.282 e. The first-order valence-electron chi connectivity index (χ1n) is 9.62. The number of nitrogens with zero attached hydrogens (tertiary/aromatic N) is 4. The van der Waals surface area contributed by atoms with Gasteiger partial charge in [0.15, 0.2) is 0 Å². The minimum absolute atomic E-state index is 0.0598. The van der Waals surface area contributed by atoms with Crippen molar-refractivity contribution < 1.29 is 0 Å². The number of aryl methyl sites for hydroxylation is 2. The van der Waals surface area contributed by atoms with Crippen molar-refractivity contribution in [1.29, 1.82) is 0 Å². The Kier molecular flexibility index (Phi) is 5.07. The maximum atomic E-state index is 12.9. The van der Waals surface area contributed by atoms with E-state index in [-0.39, 0.29) is 5.56 Å². The summed E-state index contributed by atoms with van der Waals surface area (Å²) < 4.78 is 1.36. The smallest absolute Gasteiger partial charge is 0.282 e. The molecule has 0 aliphatic heterocycles. The molecule has 0 radical (unpaired) electrons. The van der Waals surface area contributed by atoms with Crippen LogP contribution in [0.5, 0.6) is 0 Å². The molecule has 1 aliphatic carbocycles. The monoisotopic (exact) mass is 380 g/mol. The Morgan fingerprint density at radius 1 is 1.19 bits per heavy atom. The molecule has 140 valence electrons. The molecule has 2 aromatic heterocycles. The second-order valence-electron chi connectivity index (χ2n) is 6.79. The van der Waals surface area contributed by atoms with Crippen molar-refractivity contribution in [3.63, 3.8) is 0 Å². The lowest BCUT2D eigenvalue weighted by atomic mass is 9.97. The predicted molar refractivity (Wildman–Crippen MR) is 114 cm³/mol. The summed E-state index contributed by atoms with van der Waals surface area (Å²) in [6.45, 7) is 6.27. The van der Waals surface area contributed by atoms with E-state index >= 15 is 0 Å². The Morgan fingerprint density at radius 3 is 2.67 bits per heavy atom. The number of hydrogen-bond acceptors (Lipinski definition) is 5. The molecule has 6 heteroatoms. The molecule has 0 N–H and O–H groups in total. The third-order valence-electron chi connectivity index (χ3n) is 5.21. The van der Waals surface area contributed by atoms with E-state index in [0.29, 0.717) is 0 Å². The molecule has 0 spiro atoms. The van der Waals surface area contributed by atoms with Crippen LogP contribution in [0.3, 0.4) is 0 Å². The summed E-state index contributed by atoms with van der Waals surface area (Å²) in [5.41, 5.74) is 3.30. The highest BCUT2D eigenvalue weighted by Gasteiger charge is 2.19. The van der Waals surface area contributed by atoms with Gasteiger partial charge < -0.3 is 4.90 Å². The first-order valence-corrected chi connectivity index (χ1v) is 10.4. The largest absolute Gasteiger partial charge is 0.372 e.